The Labute approximate surface area is 106 Å². The molecule has 0 amide bonds. The zero-order chi connectivity index (χ0) is 13.8. The maximum atomic E-state index is 12.1. The largest absolute Gasteiger partial charge is 0.395 e. The lowest BCUT2D eigenvalue weighted by Crippen LogP contribution is -2.39. The highest BCUT2D eigenvalue weighted by molar-refractivity contribution is 7.89. The number of hydrogen-bond donors (Lipinski definition) is 3. The van der Waals surface area contributed by atoms with Crippen LogP contribution in [0.1, 0.15) is 6.42 Å². The van der Waals surface area contributed by atoms with E-state index in [-0.39, 0.29) is 17.5 Å². The lowest BCUT2D eigenvalue weighted by Gasteiger charge is -2.16. The molecule has 9 heteroatoms. The lowest BCUT2D eigenvalue weighted by molar-refractivity contribution is 0.166. The minimum atomic E-state index is -3.81. The number of hydrogen-bond acceptors (Lipinski definition) is 6. The van der Waals surface area contributed by atoms with Crippen LogP contribution in [-0.2, 0) is 21.8 Å². The molecule has 1 unspecified atom stereocenters. The molecule has 0 saturated carbocycles. The number of anilines is 1. The van der Waals surface area contributed by atoms with Crippen LogP contribution in [0.4, 0.5) is 5.82 Å². The Bertz CT molecular complexity index is 465. The summed E-state index contributed by atoms with van der Waals surface area (Å²) in [5, 5.41) is 9.00. The van der Waals surface area contributed by atoms with Crippen molar-refractivity contribution in [3.8, 4) is 0 Å². The molecule has 0 fully saturated rings. The second-order valence-corrected chi connectivity index (χ2v) is 5.46. The van der Waals surface area contributed by atoms with Crippen LogP contribution in [0.2, 0.25) is 0 Å². The summed E-state index contributed by atoms with van der Waals surface area (Å²) in [6.45, 7) is 0.0228. The zero-order valence-corrected chi connectivity index (χ0v) is 11.1. The molecule has 18 heavy (non-hydrogen) atoms. The highest BCUT2D eigenvalue weighted by Gasteiger charge is 2.25. The van der Waals surface area contributed by atoms with E-state index < -0.39 is 16.1 Å². The molecule has 0 radical (unpaired) electrons. The zero-order valence-electron chi connectivity index (χ0n) is 10.3. The molecule has 1 aromatic heterocycles. The Morgan fingerprint density at radius 2 is 2.33 bits per heavy atom. The van der Waals surface area contributed by atoms with E-state index in [9.17, 15) is 8.42 Å². The van der Waals surface area contributed by atoms with Gasteiger partial charge in [0.1, 0.15) is 0 Å². The van der Waals surface area contributed by atoms with Crippen molar-refractivity contribution in [2.24, 2.45) is 7.05 Å². The van der Waals surface area contributed by atoms with Gasteiger partial charge in [0.15, 0.2) is 10.8 Å². The Hall–Kier alpha value is -1.16. The van der Waals surface area contributed by atoms with Gasteiger partial charge in [0.05, 0.1) is 12.9 Å². The first-order chi connectivity index (χ1) is 8.42. The predicted octanol–water partition coefficient (Wildman–Crippen LogP) is -1.32. The van der Waals surface area contributed by atoms with Gasteiger partial charge in [0, 0.05) is 26.8 Å². The first-order valence-corrected chi connectivity index (χ1v) is 6.79. The summed E-state index contributed by atoms with van der Waals surface area (Å²) in [7, 11) is -0.779. The monoisotopic (exact) mass is 278 g/mol. The fourth-order valence-electron chi connectivity index (χ4n) is 1.49. The summed E-state index contributed by atoms with van der Waals surface area (Å²) in [4.78, 5) is 3.71. The van der Waals surface area contributed by atoms with E-state index >= 15 is 0 Å². The number of nitrogens with two attached hydrogens (primary N) is 1. The number of aryl methyl sites for hydroxylation is 1. The number of nitrogens with one attached hydrogen (secondary N) is 1. The van der Waals surface area contributed by atoms with Gasteiger partial charge in [-0.2, -0.15) is 0 Å². The van der Waals surface area contributed by atoms with Crippen molar-refractivity contribution in [2.45, 2.75) is 17.5 Å². The highest BCUT2D eigenvalue weighted by atomic mass is 32.2. The highest BCUT2D eigenvalue weighted by Crippen LogP contribution is 2.15. The molecule has 0 saturated heterocycles. The van der Waals surface area contributed by atoms with E-state index in [0.29, 0.717) is 13.0 Å². The van der Waals surface area contributed by atoms with Crippen LogP contribution in [0, 0.1) is 0 Å². The minimum Gasteiger partial charge on any atom is -0.395 e. The molecule has 0 aromatic carbocycles. The molecule has 0 aliphatic rings. The van der Waals surface area contributed by atoms with E-state index in [1.165, 1.54) is 25.1 Å². The number of sulfonamides is 1. The summed E-state index contributed by atoms with van der Waals surface area (Å²) in [5.74, 6) is -0.0755. The quantitative estimate of drug-likeness (QED) is 0.569. The molecule has 0 aliphatic carbocycles. The molecule has 0 spiro atoms. The Morgan fingerprint density at radius 1 is 1.67 bits per heavy atom. The predicted molar refractivity (Wildman–Crippen MR) is 65.3 cm³/mol. The van der Waals surface area contributed by atoms with Gasteiger partial charge < -0.3 is 20.1 Å². The van der Waals surface area contributed by atoms with Crippen molar-refractivity contribution in [3.63, 3.8) is 0 Å². The Balaban J connectivity index is 2.87. The average Bonchev–Trinajstić information content (AvgIpc) is 2.64. The number of nitrogen functional groups attached to an aromatic ring is 1. The molecule has 1 atom stereocenters. The molecule has 8 nitrogen and oxygen atoms in total. The molecular formula is C9H18N4O4S. The number of ether oxygens (including phenoxy) is 1. The van der Waals surface area contributed by atoms with Crippen molar-refractivity contribution in [2.75, 3.05) is 26.1 Å². The maximum absolute atomic E-state index is 12.1. The third-order valence-corrected chi connectivity index (χ3v) is 4.03. The van der Waals surface area contributed by atoms with Crippen LogP contribution in [-0.4, -0.2) is 49.4 Å². The molecular weight excluding hydrogens is 260 g/mol. The second kappa shape index (κ2) is 6.14. The van der Waals surface area contributed by atoms with Crippen molar-refractivity contribution >= 4 is 15.8 Å². The van der Waals surface area contributed by atoms with Gasteiger partial charge in [0.25, 0.3) is 10.0 Å². The van der Waals surface area contributed by atoms with Gasteiger partial charge in [-0.05, 0) is 6.42 Å². The second-order valence-electron chi connectivity index (χ2n) is 3.83. The Morgan fingerprint density at radius 3 is 2.78 bits per heavy atom. The number of nitrogens with zero attached hydrogens (tertiary/aromatic N) is 2. The SMILES string of the molecule is COCCC(CO)NS(=O)(=O)c1c(N)ncn1C. The summed E-state index contributed by atoms with van der Waals surface area (Å²) < 4.78 is 32.6. The van der Waals surface area contributed by atoms with Crippen LogP contribution in [0.5, 0.6) is 0 Å². The molecule has 1 heterocycles. The van der Waals surface area contributed by atoms with Crippen molar-refractivity contribution in [1.29, 1.82) is 0 Å². The fourth-order valence-corrected chi connectivity index (χ4v) is 2.98. The van der Waals surface area contributed by atoms with Crippen molar-refractivity contribution in [3.05, 3.63) is 6.33 Å². The Kier molecular flexibility index (Phi) is 5.08. The van der Waals surface area contributed by atoms with Gasteiger partial charge in [-0.3, -0.25) is 0 Å². The van der Waals surface area contributed by atoms with Gasteiger partial charge >= 0.3 is 0 Å². The standard InChI is InChI=1S/C9H18N4O4S/c1-13-6-11-8(10)9(13)18(15,16)12-7(5-14)3-4-17-2/h6-7,12,14H,3-5,10H2,1-2H3. The van der Waals surface area contributed by atoms with E-state index in [0.717, 1.165) is 0 Å². The average molecular weight is 278 g/mol. The molecule has 1 rings (SSSR count). The van der Waals surface area contributed by atoms with Gasteiger partial charge in [0.2, 0.25) is 0 Å². The molecule has 0 aliphatic heterocycles. The van der Waals surface area contributed by atoms with Crippen LogP contribution < -0.4 is 10.5 Å². The number of methoxy groups -OCH3 is 1. The van der Waals surface area contributed by atoms with Crippen LogP contribution >= 0.6 is 0 Å². The number of aromatic nitrogens is 2. The third-order valence-electron chi connectivity index (χ3n) is 2.38. The molecule has 104 valence electrons. The fraction of sp³-hybridized carbons (Fsp3) is 0.667. The molecule has 4 N–H and O–H groups in total. The summed E-state index contributed by atoms with van der Waals surface area (Å²) in [6, 6.07) is -0.621. The van der Waals surface area contributed by atoms with E-state index in [4.69, 9.17) is 15.6 Å². The summed E-state index contributed by atoms with van der Waals surface area (Å²) >= 11 is 0. The summed E-state index contributed by atoms with van der Waals surface area (Å²) in [6.07, 6.45) is 1.68. The normalized spacial score (nSPS) is 13.7. The smallest absolute Gasteiger partial charge is 0.260 e. The van der Waals surface area contributed by atoms with Gasteiger partial charge in [-0.25, -0.2) is 18.1 Å². The van der Waals surface area contributed by atoms with Crippen LogP contribution in [0.15, 0.2) is 11.4 Å². The molecule has 1 aromatic rings. The third kappa shape index (κ3) is 3.42. The minimum absolute atomic E-state index is 0.0755. The number of aliphatic hydroxyl groups excluding tert-OH is 1. The van der Waals surface area contributed by atoms with Gasteiger partial charge in [-0.15, -0.1) is 0 Å². The van der Waals surface area contributed by atoms with Gasteiger partial charge in [-0.1, -0.05) is 0 Å². The van der Waals surface area contributed by atoms with Crippen LogP contribution in [0.25, 0.3) is 0 Å². The number of aliphatic hydroxyl groups is 1. The number of rotatable bonds is 7. The molecule has 0 bridgehead atoms. The van der Waals surface area contributed by atoms with E-state index in [1.54, 1.807) is 0 Å². The van der Waals surface area contributed by atoms with Crippen molar-refractivity contribution < 1.29 is 18.3 Å². The van der Waals surface area contributed by atoms with Crippen molar-refractivity contribution in [1.82, 2.24) is 14.3 Å². The summed E-state index contributed by atoms with van der Waals surface area (Å²) in [5.41, 5.74) is 5.51. The van der Waals surface area contributed by atoms with E-state index in [2.05, 4.69) is 9.71 Å². The van der Waals surface area contributed by atoms with Crippen LogP contribution in [0.3, 0.4) is 0 Å². The number of imidazole rings is 1. The first-order valence-electron chi connectivity index (χ1n) is 5.31. The maximum Gasteiger partial charge on any atom is 0.260 e. The topological polar surface area (TPSA) is 119 Å². The lowest BCUT2D eigenvalue weighted by atomic mass is 10.2. The van der Waals surface area contributed by atoms with E-state index in [1.807, 2.05) is 0 Å². The first kappa shape index (κ1) is 14.9.